The van der Waals surface area contributed by atoms with E-state index in [4.69, 9.17) is 5.73 Å². The van der Waals surface area contributed by atoms with Gasteiger partial charge < -0.3 is 10.8 Å². The smallest absolute Gasteiger partial charge is 0.149 e. The van der Waals surface area contributed by atoms with Gasteiger partial charge in [0.1, 0.15) is 11.6 Å². The Hall–Kier alpha value is -2.10. The number of aromatic hydroxyl groups is 1. The number of aromatic nitrogens is 2. The van der Waals surface area contributed by atoms with Gasteiger partial charge in [-0.1, -0.05) is 32.4 Å². The second-order valence-electron chi connectivity index (χ2n) is 4.78. The van der Waals surface area contributed by atoms with Crippen LogP contribution in [0.25, 0.3) is 11.3 Å². The number of hydrogen-bond donors (Lipinski definition) is 2. The first kappa shape index (κ1) is 13.3. The van der Waals surface area contributed by atoms with Gasteiger partial charge in [0.15, 0.2) is 0 Å². The van der Waals surface area contributed by atoms with E-state index in [1.807, 2.05) is 18.2 Å². The summed E-state index contributed by atoms with van der Waals surface area (Å²) >= 11 is 0. The fourth-order valence-electron chi connectivity index (χ4n) is 2.22. The van der Waals surface area contributed by atoms with Gasteiger partial charge in [-0.2, -0.15) is 0 Å². The van der Waals surface area contributed by atoms with Crippen molar-refractivity contribution in [2.45, 2.75) is 32.6 Å². The fourth-order valence-corrected chi connectivity index (χ4v) is 2.22. The van der Waals surface area contributed by atoms with Crippen molar-refractivity contribution < 1.29 is 5.11 Å². The Morgan fingerprint density at radius 2 is 2.00 bits per heavy atom. The lowest BCUT2D eigenvalue weighted by Crippen LogP contribution is -2.04. The molecule has 4 nitrogen and oxygen atoms in total. The molecule has 100 valence electrons. The molecule has 4 heteroatoms. The standard InChI is InChI=1S/C15H19N3O/c1-3-6-10(2)12-9-13(17-18-15(12)16)11-7-4-5-8-14(11)19/h4-5,7-10,19H,3,6H2,1-2H3,(H2,16,18). The fraction of sp³-hybridized carbons (Fsp3) is 0.333. The van der Waals surface area contributed by atoms with Gasteiger partial charge in [-0.25, -0.2) is 0 Å². The minimum absolute atomic E-state index is 0.204. The Balaban J connectivity index is 2.44. The molecule has 0 amide bonds. The summed E-state index contributed by atoms with van der Waals surface area (Å²) in [6.07, 6.45) is 2.14. The molecule has 1 aromatic carbocycles. The highest BCUT2D eigenvalue weighted by Gasteiger charge is 2.13. The van der Waals surface area contributed by atoms with Crippen molar-refractivity contribution in [3.63, 3.8) is 0 Å². The highest BCUT2D eigenvalue weighted by molar-refractivity contribution is 5.67. The number of phenolic OH excluding ortho intramolecular Hbond substituents is 1. The Labute approximate surface area is 113 Å². The van der Waals surface area contributed by atoms with E-state index in [-0.39, 0.29) is 5.75 Å². The summed E-state index contributed by atoms with van der Waals surface area (Å²) in [4.78, 5) is 0. The van der Waals surface area contributed by atoms with E-state index >= 15 is 0 Å². The molecular weight excluding hydrogens is 238 g/mol. The lowest BCUT2D eigenvalue weighted by atomic mass is 9.96. The lowest BCUT2D eigenvalue weighted by molar-refractivity contribution is 0.477. The first-order chi connectivity index (χ1) is 9.13. The largest absolute Gasteiger partial charge is 0.507 e. The zero-order valence-corrected chi connectivity index (χ0v) is 11.3. The average molecular weight is 257 g/mol. The maximum Gasteiger partial charge on any atom is 0.149 e. The van der Waals surface area contributed by atoms with Crippen LogP contribution < -0.4 is 5.73 Å². The highest BCUT2D eigenvalue weighted by Crippen LogP contribution is 2.31. The van der Waals surface area contributed by atoms with Crippen molar-refractivity contribution in [2.75, 3.05) is 5.73 Å². The lowest BCUT2D eigenvalue weighted by Gasteiger charge is -2.13. The Morgan fingerprint density at radius 1 is 1.26 bits per heavy atom. The molecular formula is C15H19N3O. The van der Waals surface area contributed by atoms with Gasteiger partial charge in [0.05, 0.1) is 5.69 Å². The van der Waals surface area contributed by atoms with Gasteiger partial charge in [-0.3, -0.25) is 0 Å². The van der Waals surface area contributed by atoms with Crippen molar-refractivity contribution in [2.24, 2.45) is 0 Å². The van der Waals surface area contributed by atoms with E-state index < -0.39 is 0 Å². The van der Waals surface area contributed by atoms with Gasteiger partial charge in [0.25, 0.3) is 0 Å². The van der Waals surface area contributed by atoms with Gasteiger partial charge in [0, 0.05) is 11.1 Å². The molecule has 0 saturated carbocycles. The van der Waals surface area contributed by atoms with E-state index in [9.17, 15) is 5.11 Å². The SMILES string of the molecule is CCCC(C)c1cc(-c2ccccc2O)nnc1N. The highest BCUT2D eigenvalue weighted by atomic mass is 16.3. The third-order valence-electron chi connectivity index (χ3n) is 3.29. The van der Waals surface area contributed by atoms with Crippen LogP contribution in [0.1, 0.15) is 38.2 Å². The van der Waals surface area contributed by atoms with Crippen molar-refractivity contribution in [1.82, 2.24) is 10.2 Å². The zero-order chi connectivity index (χ0) is 13.8. The molecule has 3 N–H and O–H groups in total. The predicted octanol–water partition coefficient (Wildman–Crippen LogP) is 3.34. The first-order valence-corrected chi connectivity index (χ1v) is 6.55. The third-order valence-corrected chi connectivity index (χ3v) is 3.29. The van der Waals surface area contributed by atoms with E-state index in [0.717, 1.165) is 18.4 Å². The van der Waals surface area contributed by atoms with Gasteiger partial charge >= 0.3 is 0 Å². The molecule has 0 aliphatic carbocycles. The number of rotatable bonds is 4. The van der Waals surface area contributed by atoms with Crippen LogP contribution >= 0.6 is 0 Å². The van der Waals surface area contributed by atoms with Crippen LogP contribution in [0.2, 0.25) is 0 Å². The number of anilines is 1. The summed E-state index contributed by atoms with van der Waals surface area (Å²) in [6.45, 7) is 4.27. The number of nitrogens with two attached hydrogens (primary N) is 1. The second-order valence-corrected chi connectivity index (χ2v) is 4.78. The maximum absolute atomic E-state index is 9.87. The molecule has 19 heavy (non-hydrogen) atoms. The number of hydrogen-bond acceptors (Lipinski definition) is 4. The van der Waals surface area contributed by atoms with E-state index in [0.29, 0.717) is 23.0 Å². The molecule has 0 radical (unpaired) electrons. The summed E-state index contributed by atoms with van der Waals surface area (Å²) in [6, 6.07) is 9.04. The van der Waals surface area contributed by atoms with Crippen molar-refractivity contribution in [1.29, 1.82) is 0 Å². The number of para-hydroxylation sites is 1. The maximum atomic E-state index is 9.87. The number of benzene rings is 1. The van der Waals surface area contributed by atoms with Crippen LogP contribution in [0.3, 0.4) is 0 Å². The minimum Gasteiger partial charge on any atom is -0.507 e. The number of phenols is 1. The van der Waals surface area contributed by atoms with Gasteiger partial charge in [-0.15, -0.1) is 10.2 Å². The second kappa shape index (κ2) is 5.69. The predicted molar refractivity (Wildman–Crippen MR) is 76.9 cm³/mol. The molecule has 2 aromatic rings. The van der Waals surface area contributed by atoms with E-state index in [1.165, 1.54) is 0 Å². The molecule has 0 aliphatic rings. The van der Waals surface area contributed by atoms with Crippen LogP contribution in [0.15, 0.2) is 30.3 Å². The van der Waals surface area contributed by atoms with Gasteiger partial charge in [-0.05, 0) is 30.5 Å². The average Bonchev–Trinajstić information content (AvgIpc) is 2.40. The van der Waals surface area contributed by atoms with Crippen molar-refractivity contribution >= 4 is 5.82 Å². The van der Waals surface area contributed by atoms with E-state index in [2.05, 4.69) is 24.0 Å². The van der Waals surface area contributed by atoms with Crippen LogP contribution in [0, 0.1) is 0 Å². The molecule has 1 heterocycles. The summed E-state index contributed by atoms with van der Waals surface area (Å²) in [7, 11) is 0. The third kappa shape index (κ3) is 2.84. The van der Waals surface area contributed by atoms with Crippen LogP contribution in [-0.4, -0.2) is 15.3 Å². The molecule has 0 saturated heterocycles. The molecule has 0 bridgehead atoms. The Kier molecular flexibility index (Phi) is 4.00. The summed E-state index contributed by atoms with van der Waals surface area (Å²) in [5, 5.41) is 18.0. The normalized spacial score (nSPS) is 12.3. The molecule has 1 aromatic heterocycles. The van der Waals surface area contributed by atoms with Gasteiger partial charge in [0.2, 0.25) is 0 Å². The van der Waals surface area contributed by atoms with Crippen molar-refractivity contribution in [3.8, 4) is 17.0 Å². The summed E-state index contributed by atoms with van der Waals surface area (Å²) in [5.74, 6) is 1.01. The number of nitrogen functional groups attached to an aromatic ring is 1. The topological polar surface area (TPSA) is 72.0 Å². The zero-order valence-electron chi connectivity index (χ0n) is 11.3. The van der Waals surface area contributed by atoms with E-state index in [1.54, 1.807) is 12.1 Å². The molecule has 0 aliphatic heterocycles. The molecule has 1 unspecified atom stereocenters. The number of nitrogens with zero attached hydrogens (tertiary/aromatic N) is 2. The molecule has 1 atom stereocenters. The monoisotopic (exact) mass is 257 g/mol. The van der Waals surface area contributed by atoms with Crippen LogP contribution in [-0.2, 0) is 0 Å². The summed E-state index contributed by atoms with van der Waals surface area (Å²) < 4.78 is 0. The van der Waals surface area contributed by atoms with Crippen molar-refractivity contribution in [3.05, 3.63) is 35.9 Å². The summed E-state index contributed by atoms with van der Waals surface area (Å²) in [5.41, 5.74) is 8.23. The molecule has 2 rings (SSSR count). The molecule has 0 spiro atoms. The molecule has 0 fully saturated rings. The Bertz CT molecular complexity index is 569. The van der Waals surface area contributed by atoms with Crippen LogP contribution in [0.4, 0.5) is 5.82 Å². The minimum atomic E-state index is 0.204. The van der Waals surface area contributed by atoms with Crippen LogP contribution in [0.5, 0.6) is 5.75 Å². The first-order valence-electron chi connectivity index (χ1n) is 6.55. The Morgan fingerprint density at radius 3 is 2.68 bits per heavy atom. The quantitative estimate of drug-likeness (QED) is 0.881.